The number of nitrogens with one attached hydrogen (secondary N) is 1. The molecule has 0 saturated carbocycles. The van der Waals surface area contributed by atoms with Gasteiger partial charge in [0.05, 0.1) is 0 Å². The normalized spacial score (nSPS) is 10.5. The number of halogens is 2. The zero-order chi connectivity index (χ0) is 10.7. The average Bonchev–Trinajstić information content (AvgIpc) is 2.69. The largest absolute Gasteiger partial charge is 0.254 e. The van der Waals surface area contributed by atoms with E-state index >= 15 is 0 Å². The summed E-state index contributed by atoms with van der Waals surface area (Å²) in [6, 6.07) is 5.03. The third kappa shape index (κ3) is 2.79. The predicted molar refractivity (Wildman–Crippen MR) is 60.0 cm³/mol. The second kappa shape index (κ2) is 4.76. The fourth-order valence-corrected chi connectivity index (χ4v) is 2.15. The van der Waals surface area contributed by atoms with E-state index in [0.29, 0.717) is 16.5 Å². The molecule has 3 nitrogen and oxygen atoms in total. The summed E-state index contributed by atoms with van der Waals surface area (Å²) in [4.78, 5) is 3.94. The predicted octanol–water partition coefficient (Wildman–Crippen LogP) is 3.00. The first-order valence-electron chi connectivity index (χ1n) is 4.18. The Morgan fingerprint density at radius 1 is 1.47 bits per heavy atom. The Hall–Kier alpha value is -0.880. The molecule has 0 unspecified atom stereocenters. The molecule has 0 amide bonds. The number of H-pyrrole nitrogens is 1. The van der Waals surface area contributed by atoms with Crippen LogP contribution in [0.5, 0.6) is 0 Å². The fraction of sp³-hybridized carbons (Fsp3) is 0.111. The fourth-order valence-electron chi connectivity index (χ4n) is 1.05. The van der Waals surface area contributed by atoms with Crippen LogP contribution in [-0.2, 0) is 5.75 Å². The lowest BCUT2D eigenvalue weighted by molar-refractivity contribution is 0.616. The number of benzene rings is 1. The molecule has 0 aliphatic rings. The van der Waals surface area contributed by atoms with Gasteiger partial charge in [-0.05, 0) is 17.7 Å². The van der Waals surface area contributed by atoms with Crippen LogP contribution in [0.1, 0.15) is 5.56 Å². The Bertz CT molecular complexity index is 447. The Balaban J connectivity index is 2.05. The second-order valence-electron chi connectivity index (χ2n) is 2.82. The van der Waals surface area contributed by atoms with Crippen LogP contribution in [0.15, 0.2) is 34.2 Å². The molecular weight excluding hydrogens is 281 g/mol. The van der Waals surface area contributed by atoms with Gasteiger partial charge in [-0.15, -0.1) is 0 Å². The van der Waals surface area contributed by atoms with Crippen LogP contribution in [0.25, 0.3) is 0 Å². The van der Waals surface area contributed by atoms with Gasteiger partial charge in [-0.3, -0.25) is 5.10 Å². The summed E-state index contributed by atoms with van der Waals surface area (Å²) in [5, 5.41) is 7.11. The zero-order valence-corrected chi connectivity index (χ0v) is 9.98. The van der Waals surface area contributed by atoms with Crippen LogP contribution >= 0.6 is 27.7 Å². The molecule has 0 spiro atoms. The molecular formula is C9H7BrFN3S. The molecule has 0 aliphatic heterocycles. The number of hydrogen-bond acceptors (Lipinski definition) is 3. The van der Waals surface area contributed by atoms with E-state index in [1.165, 1.54) is 24.2 Å². The Labute approximate surface area is 98.6 Å². The van der Waals surface area contributed by atoms with Crippen LogP contribution in [-0.4, -0.2) is 15.2 Å². The molecule has 2 aromatic rings. The number of thioether (sulfide) groups is 1. The number of aromatic amines is 1. The van der Waals surface area contributed by atoms with E-state index in [4.69, 9.17) is 0 Å². The van der Waals surface area contributed by atoms with Gasteiger partial charge in [0.1, 0.15) is 12.1 Å². The summed E-state index contributed by atoms with van der Waals surface area (Å²) >= 11 is 4.63. The van der Waals surface area contributed by atoms with Gasteiger partial charge >= 0.3 is 0 Å². The summed E-state index contributed by atoms with van der Waals surface area (Å²) in [5.41, 5.74) is 0.652. The Kier molecular flexibility index (Phi) is 3.37. The van der Waals surface area contributed by atoms with E-state index in [1.807, 2.05) is 6.07 Å². The molecule has 0 fully saturated rings. The summed E-state index contributed by atoms with van der Waals surface area (Å²) in [5.74, 6) is 0.324. The maximum Gasteiger partial charge on any atom is 0.183 e. The van der Waals surface area contributed by atoms with Crippen LogP contribution in [0.4, 0.5) is 4.39 Å². The van der Waals surface area contributed by atoms with Crippen LogP contribution < -0.4 is 0 Å². The minimum absolute atomic E-state index is 0.212. The lowest BCUT2D eigenvalue weighted by atomic mass is 10.2. The summed E-state index contributed by atoms with van der Waals surface area (Å²) in [6.07, 6.45) is 1.43. The minimum atomic E-state index is -0.212. The molecule has 1 N–H and O–H groups in total. The zero-order valence-electron chi connectivity index (χ0n) is 7.58. The average molecular weight is 288 g/mol. The number of rotatable bonds is 3. The summed E-state index contributed by atoms with van der Waals surface area (Å²) in [7, 11) is 0. The van der Waals surface area contributed by atoms with Gasteiger partial charge in [0.25, 0.3) is 0 Å². The number of aromatic nitrogens is 3. The van der Waals surface area contributed by atoms with E-state index < -0.39 is 0 Å². The molecule has 78 valence electrons. The van der Waals surface area contributed by atoms with Crippen LogP contribution in [0, 0.1) is 5.82 Å². The minimum Gasteiger partial charge on any atom is -0.254 e. The molecule has 15 heavy (non-hydrogen) atoms. The van der Waals surface area contributed by atoms with Gasteiger partial charge in [0.2, 0.25) is 0 Å². The quantitative estimate of drug-likeness (QED) is 0.883. The molecule has 0 aliphatic carbocycles. The third-order valence-corrected chi connectivity index (χ3v) is 3.19. The van der Waals surface area contributed by atoms with Gasteiger partial charge in [-0.25, -0.2) is 9.37 Å². The van der Waals surface area contributed by atoms with E-state index in [2.05, 4.69) is 31.1 Å². The summed E-state index contributed by atoms with van der Waals surface area (Å²) in [6.45, 7) is 0. The smallest absolute Gasteiger partial charge is 0.183 e. The van der Waals surface area contributed by atoms with Crippen molar-refractivity contribution in [1.29, 1.82) is 0 Å². The highest BCUT2D eigenvalue weighted by Gasteiger charge is 2.04. The summed E-state index contributed by atoms with van der Waals surface area (Å²) < 4.78 is 14.1. The van der Waals surface area contributed by atoms with Gasteiger partial charge < -0.3 is 0 Å². The van der Waals surface area contributed by atoms with Crippen molar-refractivity contribution in [1.82, 2.24) is 15.2 Å². The topological polar surface area (TPSA) is 41.6 Å². The van der Waals surface area contributed by atoms with Crippen molar-refractivity contribution in [2.75, 3.05) is 0 Å². The highest BCUT2D eigenvalue weighted by Crippen LogP contribution is 2.22. The molecule has 6 heteroatoms. The highest BCUT2D eigenvalue weighted by molar-refractivity contribution is 9.10. The SMILES string of the molecule is Fc1cc(Br)ccc1CSc1ncn[nH]1. The maximum absolute atomic E-state index is 13.4. The van der Waals surface area contributed by atoms with Gasteiger partial charge in [-0.1, -0.05) is 33.8 Å². The molecule has 0 atom stereocenters. The lowest BCUT2D eigenvalue weighted by Gasteiger charge is -2.01. The first-order valence-corrected chi connectivity index (χ1v) is 5.95. The van der Waals surface area contributed by atoms with Gasteiger partial charge in [0, 0.05) is 10.2 Å². The van der Waals surface area contributed by atoms with E-state index in [0.717, 1.165) is 4.47 Å². The highest BCUT2D eigenvalue weighted by atomic mass is 79.9. The maximum atomic E-state index is 13.4. The third-order valence-electron chi connectivity index (χ3n) is 1.77. The van der Waals surface area contributed by atoms with E-state index in [9.17, 15) is 4.39 Å². The monoisotopic (exact) mass is 287 g/mol. The van der Waals surface area contributed by atoms with Gasteiger partial charge in [-0.2, -0.15) is 5.10 Å². The first-order chi connectivity index (χ1) is 7.25. The van der Waals surface area contributed by atoms with Crippen molar-refractivity contribution in [2.24, 2.45) is 0 Å². The molecule has 2 rings (SSSR count). The van der Waals surface area contributed by atoms with Crippen molar-refractivity contribution < 1.29 is 4.39 Å². The number of nitrogens with zero attached hydrogens (tertiary/aromatic N) is 2. The van der Waals surface area contributed by atoms with Crippen LogP contribution in [0.3, 0.4) is 0 Å². The van der Waals surface area contributed by atoms with Crippen molar-refractivity contribution in [2.45, 2.75) is 10.9 Å². The van der Waals surface area contributed by atoms with Gasteiger partial charge in [0.15, 0.2) is 5.16 Å². The molecule has 0 bridgehead atoms. The Morgan fingerprint density at radius 2 is 2.33 bits per heavy atom. The number of hydrogen-bond donors (Lipinski definition) is 1. The molecule has 1 aromatic heterocycles. The van der Waals surface area contributed by atoms with E-state index in [-0.39, 0.29) is 5.82 Å². The van der Waals surface area contributed by atoms with Crippen LogP contribution in [0.2, 0.25) is 0 Å². The first kappa shape index (κ1) is 10.6. The molecule has 0 saturated heterocycles. The van der Waals surface area contributed by atoms with Crippen molar-refractivity contribution in [3.05, 3.63) is 40.4 Å². The molecule has 1 heterocycles. The standard InChI is InChI=1S/C9H7BrFN3S/c10-7-2-1-6(8(11)3-7)4-15-9-12-5-13-14-9/h1-3,5H,4H2,(H,12,13,14). The van der Waals surface area contributed by atoms with E-state index in [1.54, 1.807) is 6.07 Å². The van der Waals surface area contributed by atoms with Crippen molar-refractivity contribution >= 4 is 27.7 Å². The van der Waals surface area contributed by atoms with Crippen molar-refractivity contribution in [3.8, 4) is 0 Å². The Morgan fingerprint density at radius 3 is 3.00 bits per heavy atom. The lowest BCUT2D eigenvalue weighted by Crippen LogP contribution is -1.88. The second-order valence-corrected chi connectivity index (χ2v) is 4.69. The van der Waals surface area contributed by atoms with Crippen molar-refractivity contribution in [3.63, 3.8) is 0 Å². The molecule has 1 aromatic carbocycles. The molecule has 0 radical (unpaired) electrons.